The highest BCUT2D eigenvalue weighted by Crippen LogP contribution is 2.12. The monoisotopic (exact) mass is 158 g/mol. The molecule has 3 heteroatoms. The quantitative estimate of drug-likeness (QED) is 0.616. The predicted octanol–water partition coefficient (Wildman–Crippen LogP) is 1.47. The van der Waals surface area contributed by atoms with Gasteiger partial charge >= 0.3 is 5.97 Å². The van der Waals surface area contributed by atoms with Crippen LogP contribution in [0.15, 0.2) is 0 Å². The third-order valence-corrected chi connectivity index (χ3v) is 1.87. The molecular weight excluding hydrogens is 144 g/mol. The smallest absolute Gasteiger partial charge is 0.372 e. The van der Waals surface area contributed by atoms with Crippen molar-refractivity contribution in [2.45, 2.75) is 33.1 Å². The number of carboxylic acid groups (broad SMARTS) is 1. The molecule has 0 rings (SSSR count). The van der Waals surface area contributed by atoms with E-state index < -0.39 is 11.8 Å². The van der Waals surface area contributed by atoms with Gasteiger partial charge in [0.25, 0.3) is 0 Å². The first-order valence-electron chi connectivity index (χ1n) is 3.87. The molecule has 0 saturated heterocycles. The number of aliphatic carboxylic acids is 1. The normalized spacial score (nSPS) is 10.1. The highest BCUT2D eigenvalue weighted by atomic mass is 16.4. The van der Waals surface area contributed by atoms with Gasteiger partial charge in [0.1, 0.15) is 0 Å². The summed E-state index contributed by atoms with van der Waals surface area (Å²) >= 11 is 0. The minimum Gasteiger partial charge on any atom is -0.476 e. The van der Waals surface area contributed by atoms with Gasteiger partial charge in [-0.15, -0.1) is 0 Å². The molecule has 0 aromatic rings. The largest absolute Gasteiger partial charge is 0.476 e. The molecule has 0 atom stereocenters. The summed E-state index contributed by atoms with van der Waals surface area (Å²) in [5, 5.41) is 8.27. The van der Waals surface area contributed by atoms with Crippen molar-refractivity contribution in [3.8, 4) is 0 Å². The maximum Gasteiger partial charge on any atom is 0.372 e. The van der Waals surface area contributed by atoms with Gasteiger partial charge in [-0.3, -0.25) is 4.79 Å². The molecule has 0 aliphatic rings. The Balaban J connectivity index is 3.81. The molecule has 64 valence electrons. The molecule has 0 amide bonds. The van der Waals surface area contributed by atoms with Crippen molar-refractivity contribution in [3.63, 3.8) is 0 Å². The van der Waals surface area contributed by atoms with Crippen molar-refractivity contribution in [2.75, 3.05) is 0 Å². The van der Waals surface area contributed by atoms with Crippen molar-refractivity contribution >= 4 is 11.8 Å². The Bertz CT molecular complexity index is 147. The molecule has 0 unspecified atom stereocenters. The average Bonchev–Trinajstić information content (AvgIpc) is 1.99. The van der Waals surface area contributed by atoms with Crippen LogP contribution < -0.4 is 0 Å². The lowest BCUT2D eigenvalue weighted by atomic mass is 9.97. The van der Waals surface area contributed by atoms with E-state index in [2.05, 4.69) is 0 Å². The van der Waals surface area contributed by atoms with Gasteiger partial charge in [-0.05, 0) is 5.92 Å². The van der Waals surface area contributed by atoms with E-state index >= 15 is 0 Å². The van der Waals surface area contributed by atoms with Gasteiger partial charge in [0.15, 0.2) is 0 Å². The van der Waals surface area contributed by atoms with E-state index in [-0.39, 0.29) is 12.3 Å². The van der Waals surface area contributed by atoms with Crippen molar-refractivity contribution in [3.05, 3.63) is 0 Å². The van der Waals surface area contributed by atoms with Crippen molar-refractivity contribution < 1.29 is 14.7 Å². The Labute approximate surface area is 66.4 Å². The predicted molar refractivity (Wildman–Crippen MR) is 41.3 cm³/mol. The van der Waals surface area contributed by atoms with Gasteiger partial charge in [-0.2, -0.15) is 0 Å². The summed E-state index contributed by atoms with van der Waals surface area (Å²) in [5.74, 6) is -1.74. The third kappa shape index (κ3) is 3.75. The van der Waals surface area contributed by atoms with Gasteiger partial charge in [0.2, 0.25) is 5.78 Å². The standard InChI is InChI=1S/C8H14O3/c1-3-6(4-2)5-7(9)8(10)11/h6H,3-5H2,1-2H3,(H,10,11). The molecule has 1 N–H and O–H groups in total. The first-order chi connectivity index (χ1) is 5.11. The van der Waals surface area contributed by atoms with E-state index in [1.165, 1.54) is 0 Å². The number of rotatable bonds is 5. The number of carbonyl (C=O) groups excluding carboxylic acids is 1. The molecule has 0 bridgehead atoms. The second-order valence-electron chi connectivity index (χ2n) is 2.61. The zero-order valence-corrected chi connectivity index (χ0v) is 6.96. The van der Waals surface area contributed by atoms with Crippen LogP contribution in [0.2, 0.25) is 0 Å². The van der Waals surface area contributed by atoms with E-state index in [1.807, 2.05) is 13.8 Å². The Morgan fingerprint density at radius 2 is 1.73 bits per heavy atom. The number of Topliss-reactive ketones (excluding diaryl/α,β-unsaturated/α-hetero) is 1. The van der Waals surface area contributed by atoms with E-state index in [0.29, 0.717) is 0 Å². The lowest BCUT2D eigenvalue weighted by Gasteiger charge is -2.07. The van der Waals surface area contributed by atoms with Crippen molar-refractivity contribution in [1.29, 1.82) is 0 Å². The van der Waals surface area contributed by atoms with Crippen LogP contribution in [0.25, 0.3) is 0 Å². The third-order valence-electron chi connectivity index (χ3n) is 1.87. The summed E-state index contributed by atoms with van der Waals surface area (Å²) in [7, 11) is 0. The number of carbonyl (C=O) groups is 2. The summed E-state index contributed by atoms with van der Waals surface area (Å²) < 4.78 is 0. The van der Waals surface area contributed by atoms with Crippen LogP contribution in [-0.4, -0.2) is 16.9 Å². The zero-order chi connectivity index (χ0) is 8.85. The molecule has 11 heavy (non-hydrogen) atoms. The van der Waals surface area contributed by atoms with E-state index in [4.69, 9.17) is 5.11 Å². The second kappa shape index (κ2) is 4.88. The van der Waals surface area contributed by atoms with Gasteiger partial charge < -0.3 is 5.11 Å². The SMILES string of the molecule is CCC(CC)CC(=O)C(=O)O. The number of hydrogen-bond donors (Lipinski definition) is 1. The van der Waals surface area contributed by atoms with Gasteiger partial charge in [0, 0.05) is 6.42 Å². The van der Waals surface area contributed by atoms with Crippen molar-refractivity contribution in [1.82, 2.24) is 0 Å². The summed E-state index contributed by atoms with van der Waals surface area (Å²) in [6.07, 6.45) is 1.92. The van der Waals surface area contributed by atoms with E-state index in [0.717, 1.165) is 12.8 Å². The van der Waals surface area contributed by atoms with Crippen molar-refractivity contribution in [2.24, 2.45) is 5.92 Å². The number of carboxylic acids is 1. The fourth-order valence-electron chi connectivity index (χ4n) is 0.927. The fraction of sp³-hybridized carbons (Fsp3) is 0.750. The molecule has 0 radical (unpaired) electrons. The van der Waals surface area contributed by atoms with E-state index in [1.54, 1.807) is 0 Å². The molecule has 0 aliphatic heterocycles. The fourth-order valence-corrected chi connectivity index (χ4v) is 0.927. The van der Waals surface area contributed by atoms with Crippen LogP contribution in [0.5, 0.6) is 0 Å². The molecule has 0 aromatic heterocycles. The Morgan fingerprint density at radius 3 is 2.00 bits per heavy atom. The summed E-state index contributed by atoms with van der Waals surface area (Å²) in [6, 6.07) is 0. The van der Waals surface area contributed by atoms with Crippen LogP contribution in [0.4, 0.5) is 0 Å². The highest BCUT2D eigenvalue weighted by molar-refractivity contribution is 6.32. The van der Waals surface area contributed by atoms with Crippen LogP contribution in [0.1, 0.15) is 33.1 Å². The highest BCUT2D eigenvalue weighted by Gasteiger charge is 2.15. The van der Waals surface area contributed by atoms with E-state index in [9.17, 15) is 9.59 Å². The van der Waals surface area contributed by atoms with Gasteiger partial charge in [-0.25, -0.2) is 4.79 Å². The maximum absolute atomic E-state index is 10.7. The molecule has 0 aliphatic carbocycles. The Hall–Kier alpha value is -0.860. The first kappa shape index (κ1) is 10.1. The second-order valence-corrected chi connectivity index (χ2v) is 2.61. The summed E-state index contributed by atoms with van der Waals surface area (Å²) in [4.78, 5) is 20.8. The van der Waals surface area contributed by atoms with Crippen LogP contribution in [0.3, 0.4) is 0 Å². The van der Waals surface area contributed by atoms with Crippen LogP contribution in [0, 0.1) is 5.92 Å². The molecule has 0 saturated carbocycles. The number of ketones is 1. The molecule has 0 heterocycles. The number of hydrogen-bond acceptors (Lipinski definition) is 2. The minimum absolute atomic E-state index is 0.183. The lowest BCUT2D eigenvalue weighted by molar-refractivity contribution is -0.149. The average molecular weight is 158 g/mol. The Kier molecular flexibility index (Phi) is 4.50. The summed E-state index contributed by atoms with van der Waals surface area (Å²) in [5.41, 5.74) is 0. The lowest BCUT2D eigenvalue weighted by Crippen LogP contribution is -2.16. The maximum atomic E-state index is 10.7. The molecule has 0 spiro atoms. The molecular formula is C8H14O3. The zero-order valence-electron chi connectivity index (χ0n) is 6.96. The molecule has 3 nitrogen and oxygen atoms in total. The van der Waals surface area contributed by atoms with Crippen LogP contribution >= 0.6 is 0 Å². The van der Waals surface area contributed by atoms with Gasteiger partial charge in [0.05, 0.1) is 0 Å². The Morgan fingerprint density at radius 1 is 1.27 bits per heavy atom. The first-order valence-corrected chi connectivity index (χ1v) is 3.87. The van der Waals surface area contributed by atoms with Gasteiger partial charge in [-0.1, -0.05) is 26.7 Å². The summed E-state index contributed by atoms with van der Waals surface area (Å²) in [6.45, 7) is 3.92. The molecule has 0 fully saturated rings. The van der Waals surface area contributed by atoms with Crippen LogP contribution in [-0.2, 0) is 9.59 Å². The topological polar surface area (TPSA) is 54.4 Å². The molecule has 0 aromatic carbocycles. The minimum atomic E-state index is -1.31.